The van der Waals surface area contributed by atoms with E-state index in [2.05, 4.69) is 10.2 Å². The van der Waals surface area contributed by atoms with Crippen LogP contribution in [0.5, 0.6) is 0 Å². The summed E-state index contributed by atoms with van der Waals surface area (Å²) in [6, 6.07) is 0. The molecule has 6 nitrogen and oxygen atoms in total. The van der Waals surface area contributed by atoms with Crippen molar-refractivity contribution in [3.63, 3.8) is 0 Å². The highest BCUT2D eigenvalue weighted by Gasteiger charge is 2.33. The third kappa shape index (κ3) is 4.93. The van der Waals surface area contributed by atoms with Gasteiger partial charge >= 0.3 is 11.9 Å². The van der Waals surface area contributed by atoms with Gasteiger partial charge < -0.3 is 9.84 Å². The van der Waals surface area contributed by atoms with Crippen LogP contribution in [0.4, 0.5) is 0 Å². The number of hydrogen-bond acceptors (Lipinski definition) is 5. The van der Waals surface area contributed by atoms with E-state index in [0.717, 1.165) is 0 Å². The number of nitrogens with zero attached hydrogens (tertiary/aromatic N) is 2. The summed E-state index contributed by atoms with van der Waals surface area (Å²) in [7, 11) is 0. The zero-order valence-electron chi connectivity index (χ0n) is 11.1. The molecular weight excluding hydrogens is 224 g/mol. The molecule has 0 heterocycles. The first-order valence-corrected chi connectivity index (χ1v) is 5.37. The number of azo groups is 1. The van der Waals surface area contributed by atoms with Gasteiger partial charge in [0.25, 0.3) is 0 Å². The first kappa shape index (κ1) is 15.5. The highest BCUT2D eigenvalue weighted by Crippen LogP contribution is 2.18. The normalized spacial score (nSPS) is 13.1. The summed E-state index contributed by atoms with van der Waals surface area (Å²) < 4.78 is 5.00. The Hall–Kier alpha value is -1.46. The zero-order chi connectivity index (χ0) is 13.9. The van der Waals surface area contributed by atoms with Crippen LogP contribution in [0, 0.1) is 0 Å². The molecule has 0 aromatic heterocycles. The molecule has 0 amide bonds. The van der Waals surface area contributed by atoms with Gasteiger partial charge in [0.05, 0.1) is 6.10 Å². The molecule has 1 N–H and O–H groups in total. The van der Waals surface area contributed by atoms with Gasteiger partial charge in [0.2, 0.25) is 0 Å². The second-order valence-corrected chi connectivity index (χ2v) is 5.08. The highest BCUT2D eigenvalue weighted by molar-refractivity contribution is 5.80. The van der Waals surface area contributed by atoms with Crippen LogP contribution in [0.25, 0.3) is 0 Å². The Bertz CT molecular complexity index is 332. The van der Waals surface area contributed by atoms with Crippen molar-refractivity contribution in [2.45, 2.75) is 58.7 Å². The number of carbonyl (C=O) groups is 2. The van der Waals surface area contributed by atoms with Crippen LogP contribution in [-0.4, -0.2) is 34.2 Å². The van der Waals surface area contributed by atoms with Crippen LogP contribution in [0.2, 0.25) is 0 Å². The molecule has 0 aromatic rings. The van der Waals surface area contributed by atoms with E-state index in [1.165, 1.54) is 27.7 Å². The monoisotopic (exact) mass is 244 g/mol. The van der Waals surface area contributed by atoms with Crippen LogP contribution >= 0.6 is 0 Å². The molecule has 0 aliphatic heterocycles. The maximum atomic E-state index is 11.6. The number of carboxylic acid groups (broad SMARTS) is 1. The molecule has 0 unspecified atom stereocenters. The maximum Gasteiger partial charge on any atom is 0.335 e. The standard InChI is InChI=1S/C11H20N2O4/c1-7(2)17-9(16)11(5,6)13-12-10(3,4)8(14)15/h7H,1-6H3,(H,14,15). The molecule has 17 heavy (non-hydrogen) atoms. The lowest BCUT2D eigenvalue weighted by atomic mass is 10.1. The van der Waals surface area contributed by atoms with Crippen molar-refractivity contribution in [1.29, 1.82) is 0 Å². The van der Waals surface area contributed by atoms with Gasteiger partial charge in [-0.05, 0) is 41.5 Å². The Morgan fingerprint density at radius 3 is 1.82 bits per heavy atom. The summed E-state index contributed by atoms with van der Waals surface area (Å²) >= 11 is 0. The van der Waals surface area contributed by atoms with Crippen molar-refractivity contribution in [3.05, 3.63) is 0 Å². The van der Waals surface area contributed by atoms with Crippen LogP contribution in [0.15, 0.2) is 10.2 Å². The third-order valence-corrected chi connectivity index (χ3v) is 1.92. The molecular formula is C11H20N2O4. The van der Waals surface area contributed by atoms with Gasteiger partial charge in [0, 0.05) is 0 Å². The van der Waals surface area contributed by atoms with Crippen LogP contribution in [-0.2, 0) is 14.3 Å². The molecule has 6 heteroatoms. The van der Waals surface area contributed by atoms with E-state index in [4.69, 9.17) is 9.84 Å². The SMILES string of the molecule is CC(C)OC(=O)C(C)(C)N=NC(C)(C)C(=O)O. The number of esters is 1. The number of ether oxygens (including phenoxy) is 1. The topological polar surface area (TPSA) is 88.3 Å². The second kappa shape index (κ2) is 5.25. The summed E-state index contributed by atoms with van der Waals surface area (Å²) in [5, 5.41) is 16.3. The van der Waals surface area contributed by atoms with Crippen molar-refractivity contribution >= 4 is 11.9 Å². The second-order valence-electron chi connectivity index (χ2n) is 5.08. The average molecular weight is 244 g/mol. The summed E-state index contributed by atoms with van der Waals surface area (Å²) in [6.45, 7) is 9.32. The Morgan fingerprint density at radius 1 is 1.06 bits per heavy atom. The molecule has 0 aromatic carbocycles. The number of carbonyl (C=O) groups excluding carboxylic acids is 1. The highest BCUT2D eigenvalue weighted by atomic mass is 16.5. The molecule has 0 atom stereocenters. The van der Waals surface area contributed by atoms with Crippen molar-refractivity contribution in [1.82, 2.24) is 0 Å². The van der Waals surface area contributed by atoms with Gasteiger partial charge in [0.1, 0.15) is 0 Å². The predicted octanol–water partition coefficient (Wildman–Crippen LogP) is 2.03. The fourth-order valence-electron chi connectivity index (χ4n) is 0.692. The first-order valence-electron chi connectivity index (χ1n) is 5.37. The smallest absolute Gasteiger partial charge is 0.335 e. The molecule has 0 spiro atoms. The Balaban J connectivity index is 4.81. The van der Waals surface area contributed by atoms with Crippen molar-refractivity contribution in [3.8, 4) is 0 Å². The largest absolute Gasteiger partial charge is 0.479 e. The number of aliphatic carboxylic acids is 1. The molecule has 98 valence electrons. The van der Waals surface area contributed by atoms with Gasteiger partial charge in [0.15, 0.2) is 11.1 Å². The van der Waals surface area contributed by atoms with Gasteiger partial charge in [-0.2, -0.15) is 10.2 Å². The number of rotatable bonds is 5. The minimum absolute atomic E-state index is 0.246. The minimum Gasteiger partial charge on any atom is -0.479 e. The maximum absolute atomic E-state index is 11.6. The van der Waals surface area contributed by atoms with E-state index >= 15 is 0 Å². The molecule has 0 saturated heterocycles. The number of hydrogen-bond donors (Lipinski definition) is 1. The minimum atomic E-state index is -1.35. The van der Waals surface area contributed by atoms with Gasteiger partial charge in [-0.25, -0.2) is 9.59 Å². The van der Waals surface area contributed by atoms with Gasteiger partial charge in [-0.15, -0.1) is 0 Å². The number of carboxylic acids is 1. The Morgan fingerprint density at radius 2 is 1.47 bits per heavy atom. The van der Waals surface area contributed by atoms with E-state index in [1.54, 1.807) is 13.8 Å². The Labute approximate surface area is 101 Å². The van der Waals surface area contributed by atoms with Gasteiger partial charge in [-0.3, -0.25) is 0 Å². The van der Waals surface area contributed by atoms with Crippen LogP contribution < -0.4 is 0 Å². The molecule has 0 saturated carbocycles. The molecule has 0 radical (unpaired) electrons. The predicted molar refractivity (Wildman–Crippen MR) is 61.9 cm³/mol. The molecule has 0 aliphatic carbocycles. The molecule has 0 aliphatic rings. The van der Waals surface area contributed by atoms with E-state index in [-0.39, 0.29) is 6.10 Å². The third-order valence-electron chi connectivity index (χ3n) is 1.92. The zero-order valence-corrected chi connectivity index (χ0v) is 11.1. The van der Waals surface area contributed by atoms with Crippen molar-refractivity contribution < 1.29 is 19.4 Å². The summed E-state index contributed by atoms with van der Waals surface area (Å²) in [5.41, 5.74) is -2.54. The molecule has 0 fully saturated rings. The lowest BCUT2D eigenvalue weighted by Gasteiger charge is -2.20. The van der Waals surface area contributed by atoms with E-state index in [0.29, 0.717) is 0 Å². The van der Waals surface area contributed by atoms with Crippen molar-refractivity contribution in [2.24, 2.45) is 10.2 Å². The lowest BCUT2D eigenvalue weighted by Crippen LogP contribution is -2.35. The summed E-state index contributed by atoms with van der Waals surface area (Å²) in [6.07, 6.45) is -0.246. The fraction of sp³-hybridized carbons (Fsp3) is 0.818. The Kier molecular flexibility index (Phi) is 4.80. The van der Waals surface area contributed by atoms with Crippen LogP contribution in [0.3, 0.4) is 0 Å². The molecule has 0 rings (SSSR count). The lowest BCUT2D eigenvalue weighted by molar-refractivity contribution is -0.153. The quantitative estimate of drug-likeness (QED) is 0.592. The fourth-order valence-corrected chi connectivity index (χ4v) is 0.692. The van der Waals surface area contributed by atoms with E-state index in [1.807, 2.05) is 0 Å². The first-order chi connectivity index (χ1) is 7.49. The summed E-state index contributed by atoms with van der Waals surface area (Å²) in [5.74, 6) is -1.63. The van der Waals surface area contributed by atoms with Crippen molar-refractivity contribution in [2.75, 3.05) is 0 Å². The average Bonchev–Trinajstić information content (AvgIpc) is 2.13. The molecule has 0 bridgehead atoms. The van der Waals surface area contributed by atoms with Crippen LogP contribution in [0.1, 0.15) is 41.5 Å². The summed E-state index contributed by atoms with van der Waals surface area (Å²) in [4.78, 5) is 22.5. The van der Waals surface area contributed by atoms with E-state index < -0.39 is 23.0 Å². The van der Waals surface area contributed by atoms with E-state index in [9.17, 15) is 9.59 Å². The van der Waals surface area contributed by atoms with Gasteiger partial charge in [-0.1, -0.05) is 0 Å².